The second kappa shape index (κ2) is 3.80. The Morgan fingerprint density at radius 1 is 1.31 bits per heavy atom. The van der Waals surface area contributed by atoms with E-state index in [0.29, 0.717) is 11.3 Å². The summed E-state index contributed by atoms with van der Waals surface area (Å²) in [6, 6.07) is 5.15. The summed E-state index contributed by atoms with van der Waals surface area (Å²) in [5.41, 5.74) is 7.58. The Kier molecular flexibility index (Phi) is 2.74. The van der Waals surface area contributed by atoms with Gasteiger partial charge >= 0.3 is 0 Å². The van der Waals surface area contributed by atoms with Gasteiger partial charge in [0.25, 0.3) is 5.91 Å². The Morgan fingerprint density at radius 3 is 2.54 bits per heavy atom. The Bertz CT molecular complexity index is 323. The summed E-state index contributed by atoms with van der Waals surface area (Å²) in [4.78, 5) is 11.2. The maximum Gasteiger partial charge on any atom is 0.251 e. The van der Waals surface area contributed by atoms with Crippen LogP contribution in [-0.4, -0.2) is 20.0 Å². The molecule has 0 aliphatic heterocycles. The van der Waals surface area contributed by atoms with Crippen LogP contribution in [0, 0.1) is 0 Å². The van der Waals surface area contributed by atoms with Crippen LogP contribution in [0.2, 0.25) is 0 Å². The highest BCUT2D eigenvalue weighted by Gasteiger charge is 2.04. The van der Waals surface area contributed by atoms with Gasteiger partial charge in [-0.3, -0.25) is 4.79 Å². The number of nitrogens with two attached hydrogens (primary N) is 1. The number of nitrogens with one attached hydrogen (secondary N) is 2. The smallest absolute Gasteiger partial charge is 0.251 e. The molecule has 0 radical (unpaired) electrons. The number of benzene rings is 1. The largest absolute Gasteiger partial charge is 0.399 e. The second-order valence-electron chi connectivity index (χ2n) is 2.67. The lowest BCUT2D eigenvalue weighted by atomic mass is 10.1. The first-order valence-electron chi connectivity index (χ1n) is 3.97. The molecule has 0 aromatic heterocycles. The first-order valence-corrected chi connectivity index (χ1v) is 3.97. The van der Waals surface area contributed by atoms with E-state index in [4.69, 9.17) is 5.73 Å². The lowest BCUT2D eigenvalue weighted by Gasteiger charge is -2.05. The summed E-state index contributed by atoms with van der Waals surface area (Å²) in [7, 11) is 3.37. The van der Waals surface area contributed by atoms with Crippen LogP contribution in [0.4, 0.5) is 11.4 Å². The zero-order valence-electron chi connectivity index (χ0n) is 7.72. The van der Waals surface area contributed by atoms with Gasteiger partial charge in [-0.1, -0.05) is 0 Å². The summed E-state index contributed by atoms with van der Waals surface area (Å²) < 4.78 is 0. The van der Waals surface area contributed by atoms with Crippen LogP contribution in [0.1, 0.15) is 10.4 Å². The van der Waals surface area contributed by atoms with Crippen molar-refractivity contribution < 1.29 is 4.79 Å². The van der Waals surface area contributed by atoms with Crippen LogP contribution < -0.4 is 16.4 Å². The number of carbonyl (C=O) groups is 1. The van der Waals surface area contributed by atoms with Crippen molar-refractivity contribution in [2.24, 2.45) is 0 Å². The van der Waals surface area contributed by atoms with Gasteiger partial charge in [0, 0.05) is 31.0 Å². The summed E-state index contributed by atoms with van der Waals surface area (Å²) >= 11 is 0. The molecule has 0 saturated carbocycles. The molecule has 4 nitrogen and oxygen atoms in total. The highest BCUT2D eigenvalue weighted by atomic mass is 16.1. The Balaban J connectivity index is 3.08. The molecule has 13 heavy (non-hydrogen) atoms. The number of nitrogen functional groups attached to an aromatic ring is 1. The molecule has 0 spiro atoms. The number of hydrogen-bond donors (Lipinski definition) is 3. The molecule has 4 N–H and O–H groups in total. The fourth-order valence-corrected chi connectivity index (χ4v) is 1.07. The molecule has 1 amide bonds. The lowest BCUT2D eigenvalue weighted by Crippen LogP contribution is -2.18. The van der Waals surface area contributed by atoms with E-state index in [-0.39, 0.29) is 5.91 Å². The molecule has 0 saturated heterocycles. The number of anilines is 2. The fourth-order valence-electron chi connectivity index (χ4n) is 1.07. The molecule has 1 aromatic carbocycles. The van der Waals surface area contributed by atoms with Crippen molar-refractivity contribution in [3.05, 3.63) is 23.8 Å². The Hall–Kier alpha value is -1.71. The van der Waals surface area contributed by atoms with Crippen molar-refractivity contribution in [2.75, 3.05) is 25.1 Å². The maximum absolute atomic E-state index is 11.2. The van der Waals surface area contributed by atoms with E-state index in [1.165, 1.54) is 0 Å². The normalized spacial score (nSPS) is 9.38. The molecule has 0 unspecified atom stereocenters. The van der Waals surface area contributed by atoms with Crippen molar-refractivity contribution >= 4 is 17.3 Å². The molecule has 0 fully saturated rings. The molecule has 1 aromatic rings. The zero-order valence-corrected chi connectivity index (χ0v) is 7.72. The van der Waals surface area contributed by atoms with E-state index in [1.807, 2.05) is 0 Å². The predicted molar refractivity (Wildman–Crippen MR) is 53.8 cm³/mol. The molecule has 1 rings (SSSR count). The first kappa shape index (κ1) is 9.38. The Labute approximate surface area is 77.1 Å². The van der Waals surface area contributed by atoms with Gasteiger partial charge in [0.1, 0.15) is 0 Å². The molecule has 0 aliphatic carbocycles. The minimum atomic E-state index is -0.135. The van der Waals surface area contributed by atoms with Crippen molar-refractivity contribution in [3.8, 4) is 0 Å². The van der Waals surface area contributed by atoms with Gasteiger partial charge in [-0.25, -0.2) is 0 Å². The van der Waals surface area contributed by atoms with Crippen LogP contribution in [0.25, 0.3) is 0 Å². The summed E-state index contributed by atoms with van der Waals surface area (Å²) in [6.45, 7) is 0. The Morgan fingerprint density at radius 2 is 2.00 bits per heavy atom. The third kappa shape index (κ3) is 2.11. The number of amides is 1. The van der Waals surface area contributed by atoms with Crippen molar-refractivity contribution in [1.29, 1.82) is 0 Å². The SMILES string of the molecule is CNC(=O)c1cc(N)cc(NC)c1. The minimum Gasteiger partial charge on any atom is -0.399 e. The van der Waals surface area contributed by atoms with Gasteiger partial charge in [-0.15, -0.1) is 0 Å². The number of rotatable bonds is 2. The molecule has 0 atom stereocenters. The predicted octanol–water partition coefficient (Wildman–Crippen LogP) is 0.670. The molecule has 70 valence electrons. The van der Waals surface area contributed by atoms with Crippen LogP contribution in [0.3, 0.4) is 0 Å². The van der Waals surface area contributed by atoms with Gasteiger partial charge in [0.05, 0.1) is 0 Å². The summed E-state index contributed by atoms with van der Waals surface area (Å²) in [6.07, 6.45) is 0. The van der Waals surface area contributed by atoms with E-state index in [0.717, 1.165) is 5.69 Å². The van der Waals surface area contributed by atoms with Gasteiger partial charge in [-0.2, -0.15) is 0 Å². The van der Waals surface area contributed by atoms with Crippen molar-refractivity contribution in [3.63, 3.8) is 0 Å². The minimum absolute atomic E-state index is 0.135. The number of hydrogen-bond acceptors (Lipinski definition) is 3. The monoisotopic (exact) mass is 179 g/mol. The van der Waals surface area contributed by atoms with E-state index in [2.05, 4.69) is 10.6 Å². The molecule has 4 heteroatoms. The van der Waals surface area contributed by atoms with Crippen molar-refractivity contribution in [1.82, 2.24) is 5.32 Å². The van der Waals surface area contributed by atoms with Crippen molar-refractivity contribution in [2.45, 2.75) is 0 Å². The van der Waals surface area contributed by atoms with Gasteiger partial charge in [0.15, 0.2) is 0 Å². The van der Waals surface area contributed by atoms with E-state index >= 15 is 0 Å². The van der Waals surface area contributed by atoms with Crippen LogP contribution >= 0.6 is 0 Å². The third-order valence-electron chi connectivity index (χ3n) is 1.73. The summed E-state index contributed by atoms with van der Waals surface area (Å²) in [5.74, 6) is -0.135. The molecule has 0 heterocycles. The maximum atomic E-state index is 11.2. The third-order valence-corrected chi connectivity index (χ3v) is 1.73. The molecule has 0 bridgehead atoms. The van der Waals surface area contributed by atoms with Gasteiger partial charge in [0.2, 0.25) is 0 Å². The zero-order chi connectivity index (χ0) is 9.84. The summed E-state index contributed by atoms with van der Waals surface area (Å²) in [5, 5.41) is 5.46. The van der Waals surface area contributed by atoms with Crippen LogP contribution in [0.5, 0.6) is 0 Å². The van der Waals surface area contributed by atoms with Gasteiger partial charge < -0.3 is 16.4 Å². The van der Waals surface area contributed by atoms with Gasteiger partial charge in [-0.05, 0) is 18.2 Å². The standard InChI is InChI=1S/C9H13N3O/c1-11-8-4-6(9(13)12-2)3-7(10)5-8/h3-5,11H,10H2,1-2H3,(H,12,13). The average Bonchev–Trinajstić information content (AvgIpc) is 2.15. The number of carbonyl (C=O) groups excluding carboxylic acids is 1. The highest BCUT2D eigenvalue weighted by Crippen LogP contribution is 2.15. The lowest BCUT2D eigenvalue weighted by molar-refractivity contribution is 0.0963. The highest BCUT2D eigenvalue weighted by molar-refractivity contribution is 5.96. The quantitative estimate of drug-likeness (QED) is 0.584. The fraction of sp³-hybridized carbons (Fsp3) is 0.222. The topological polar surface area (TPSA) is 67.2 Å². The van der Waals surface area contributed by atoms with E-state index in [9.17, 15) is 4.79 Å². The first-order chi connectivity index (χ1) is 6.17. The molecule has 0 aliphatic rings. The van der Waals surface area contributed by atoms with Crippen LogP contribution in [-0.2, 0) is 0 Å². The van der Waals surface area contributed by atoms with E-state index < -0.39 is 0 Å². The average molecular weight is 179 g/mol. The second-order valence-corrected chi connectivity index (χ2v) is 2.67. The molecular formula is C9H13N3O. The van der Waals surface area contributed by atoms with Crippen LogP contribution in [0.15, 0.2) is 18.2 Å². The molecular weight excluding hydrogens is 166 g/mol. The van der Waals surface area contributed by atoms with E-state index in [1.54, 1.807) is 32.3 Å².